The first-order valence-corrected chi connectivity index (χ1v) is 5.19. The summed E-state index contributed by atoms with van der Waals surface area (Å²) in [7, 11) is 1.42. The Morgan fingerprint density at radius 1 is 1.57 bits per heavy atom. The Morgan fingerprint density at radius 2 is 2.29 bits per heavy atom. The molecule has 82 valence electrons. The fourth-order valence-electron chi connectivity index (χ4n) is 1.29. The summed E-state index contributed by atoms with van der Waals surface area (Å²) in [6.45, 7) is 3.24. The maximum atomic E-state index is 11.3. The van der Waals surface area contributed by atoms with Crippen LogP contribution in [0.3, 0.4) is 0 Å². The van der Waals surface area contributed by atoms with Crippen LogP contribution in [0, 0.1) is 0 Å². The molecule has 0 heterocycles. The maximum absolute atomic E-state index is 11.3. The minimum absolute atomic E-state index is 0.184. The van der Waals surface area contributed by atoms with Crippen molar-refractivity contribution in [2.24, 2.45) is 0 Å². The third-order valence-electron chi connectivity index (χ3n) is 2.25. The maximum Gasteiger partial charge on any atom is 0.322 e. The summed E-state index contributed by atoms with van der Waals surface area (Å²) >= 11 is 0. The van der Waals surface area contributed by atoms with Crippen LogP contribution in [0.5, 0.6) is 0 Å². The molecule has 0 saturated heterocycles. The van der Waals surface area contributed by atoms with E-state index in [2.05, 4.69) is 5.32 Å². The van der Waals surface area contributed by atoms with Gasteiger partial charge in [-0.2, -0.15) is 0 Å². The second-order valence-electron chi connectivity index (χ2n) is 3.50. The Morgan fingerprint density at radius 3 is 2.79 bits per heavy atom. The molecule has 0 radical (unpaired) electrons. The summed E-state index contributed by atoms with van der Waals surface area (Å²) in [4.78, 5) is 11.3. The Hall–Kier alpha value is -0.610. The van der Waals surface area contributed by atoms with Gasteiger partial charge in [0.15, 0.2) is 0 Å². The molecule has 1 fully saturated rings. The van der Waals surface area contributed by atoms with Crippen LogP contribution in [-0.2, 0) is 14.3 Å². The molecular weight excluding hydrogens is 182 g/mol. The number of carbonyl (C=O) groups excluding carboxylic acids is 1. The summed E-state index contributed by atoms with van der Waals surface area (Å²) in [6, 6.07) is 0.319. The highest BCUT2D eigenvalue weighted by Crippen LogP contribution is 2.20. The second-order valence-corrected chi connectivity index (χ2v) is 3.50. The molecule has 14 heavy (non-hydrogen) atoms. The summed E-state index contributed by atoms with van der Waals surface area (Å²) in [5.74, 6) is -0.184. The number of nitrogens with one attached hydrogen (secondary N) is 1. The van der Waals surface area contributed by atoms with E-state index in [1.807, 2.05) is 6.92 Å². The largest absolute Gasteiger partial charge is 0.468 e. The summed E-state index contributed by atoms with van der Waals surface area (Å²) in [5, 5.41) is 3.25. The minimum Gasteiger partial charge on any atom is -0.468 e. The summed E-state index contributed by atoms with van der Waals surface area (Å²) in [6.07, 6.45) is 3.03. The number of hydrogen-bond acceptors (Lipinski definition) is 4. The average Bonchev–Trinajstić information content (AvgIpc) is 2.99. The molecule has 0 aromatic rings. The zero-order chi connectivity index (χ0) is 10.4. The lowest BCUT2D eigenvalue weighted by molar-refractivity contribution is -0.143. The normalized spacial score (nSPS) is 17.9. The smallest absolute Gasteiger partial charge is 0.322 e. The van der Waals surface area contributed by atoms with Crippen LogP contribution in [0.15, 0.2) is 0 Å². The van der Waals surface area contributed by atoms with Crippen molar-refractivity contribution in [2.75, 3.05) is 20.3 Å². The number of methoxy groups -OCH3 is 1. The van der Waals surface area contributed by atoms with Crippen molar-refractivity contribution in [3.05, 3.63) is 0 Å². The van der Waals surface area contributed by atoms with Crippen LogP contribution in [0.2, 0.25) is 0 Å². The zero-order valence-corrected chi connectivity index (χ0v) is 8.91. The van der Waals surface area contributed by atoms with Crippen LogP contribution < -0.4 is 5.32 Å². The molecule has 1 aliphatic rings. The topological polar surface area (TPSA) is 47.6 Å². The Kier molecular flexibility index (Phi) is 4.90. The van der Waals surface area contributed by atoms with Crippen LogP contribution in [0.4, 0.5) is 0 Å². The van der Waals surface area contributed by atoms with Crippen molar-refractivity contribution in [3.8, 4) is 0 Å². The fourth-order valence-corrected chi connectivity index (χ4v) is 1.29. The number of rotatable bonds is 7. The first-order chi connectivity index (χ1) is 6.77. The molecule has 0 aromatic carbocycles. The molecule has 1 N–H and O–H groups in total. The molecule has 1 aliphatic carbocycles. The first-order valence-electron chi connectivity index (χ1n) is 5.19. The summed E-state index contributed by atoms with van der Waals surface area (Å²) < 4.78 is 9.93. The van der Waals surface area contributed by atoms with E-state index >= 15 is 0 Å². The number of hydrogen-bond donors (Lipinski definition) is 1. The lowest BCUT2D eigenvalue weighted by atomic mass is 10.2. The molecule has 0 aromatic heterocycles. The number of esters is 1. The predicted molar refractivity (Wildman–Crippen MR) is 53.1 cm³/mol. The van der Waals surface area contributed by atoms with Gasteiger partial charge in [-0.15, -0.1) is 0 Å². The standard InChI is InChI=1S/C10H19NO3/c1-3-14-7-6-9(10(12)13-2)11-8-4-5-8/h8-9,11H,3-7H2,1-2H3. The lowest BCUT2D eigenvalue weighted by Crippen LogP contribution is -2.39. The summed E-state index contributed by atoms with van der Waals surface area (Å²) in [5.41, 5.74) is 0. The van der Waals surface area contributed by atoms with Gasteiger partial charge in [0.25, 0.3) is 0 Å². The Balaban J connectivity index is 2.23. The average molecular weight is 201 g/mol. The SMILES string of the molecule is CCOCCC(NC1CC1)C(=O)OC. The van der Waals surface area contributed by atoms with Gasteiger partial charge in [0.2, 0.25) is 0 Å². The van der Waals surface area contributed by atoms with Gasteiger partial charge in [-0.3, -0.25) is 4.79 Å². The fraction of sp³-hybridized carbons (Fsp3) is 0.900. The van der Waals surface area contributed by atoms with Crippen molar-refractivity contribution in [1.29, 1.82) is 0 Å². The quantitative estimate of drug-likeness (QED) is 0.486. The molecule has 1 atom stereocenters. The van der Waals surface area contributed by atoms with Gasteiger partial charge in [-0.05, 0) is 26.2 Å². The molecule has 0 aliphatic heterocycles. The van der Waals surface area contributed by atoms with Gasteiger partial charge in [0.1, 0.15) is 6.04 Å². The van der Waals surface area contributed by atoms with Crippen molar-refractivity contribution >= 4 is 5.97 Å². The molecule has 0 amide bonds. The van der Waals surface area contributed by atoms with Gasteiger partial charge in [0.05, 0.1) is 7.11 Å². The first kappa shape index (κ1) is 11.5. The molecule has 1 rings (SSSR count). The van der Waals surface area contributed by atoms with Gasteiger partial charge in [0, 0.05) is 19.3 Å². The van der Waals surface area contributed by atoms with Gasteiger partial charge in [-0.1, -0.05) is 0 Å². The van der Waals surface area contributed by atoms with Crippen LogP contribution >= 0.6 is 0 Å². The van der Waals surface area contributed by atoms with E-state index in [-0.39, 0.29) is 12.0 Å². The predicted octanol–water partition coefficient (Wildman–Crippen LogP) is 0.707. The van der Waals surface area contributed by atoms with Crippen LogP contribution in [0.25, 0.3) is 0 Å². The molecule has 1 saturated carbocycles. The van der Waals surface area contributed by atoms with E-state index in [1.165, 1.54) is 20.0 Å². The van der Waals surface area contributed by atoms with E-state index in [4.69, 9.17) is 9.47 Å². The zero-order valence-electron chi connectivity index (χ0n) is 8.91. The van der Waals surface area contributed by atoms with E-state index in [1.54, 1.807) is 0 Å². The number of ether oxygens (including phenoxy) is 2. The van der Waals surface area contributed by atoms with E-state index in [0.29, 0.717) is 25.7 Å². The van der Waals surface area contributed by atoms with Crippen molar-refractivity contribution in [2.45, 2.75) is 38.3 Å². The van der Waals surface area contributed by atoms with Gasteiger partial charge in [-0.25, -0.2) is 0 Å². The molecular formula is C10H19NO3. The van der Waals surface area contributed by atoms with Crippen molar-refractivity contribution in [1.82, 2.24) is 5.32 Å². The second kappa shape index (κ2) is 5.98. The molecule has 0 spiro atoms. The van der Waals surface area contributed by atoms with E-state index < -0.39 is 0 Å². The van der Waals surface area contributed by atoms with Crippen LogP contribution in [0.1, 0.15) is 26.2 Å². The third kappa shape index (κ3) is 4.07. The van der Waals surface area contributed by atoms with Crippen molar-refractivity contribution in [3.63, 3.8) is 0 Å². The number of carbonyl (C=O) groups is 1. The minimum atomic E-state index is -0.195. The highest BCUT2D eigenvalue weighted by molar-refractivity contribution is 5.75. The monoisotopic (exact) mass is 201 g/mol. The van der Waals surface area contributed by atoms with E-state index in [0.717, 1.165) is 0 Å². The molecule has 1 unspecified atom stereocenters. The molecule has 0 bridgehead atoms. The van der Waals surface area contributed by atoms with E-state index in [9.17, 15) is 4.79 Å². The lowest BCUT2D eigenvalue weighted by Gasteiger charge is -2.15. The highest BCUT2D eigenvalue weighted by Gasteiger charge is 2.28. The Labute approximate surface area is 85.0 Å². The van der Waals surface area contributed by atoms with Crippen molar-refractivity contribution < 1.29 is 14.3 Å². The Bertz CT molecular complexity index is 180. The van der Waals surface area contributed by atoms with Gasteiger partial charge >= 0.3 is 5.97 Å². The third-order valence-corrected chi connectivity index (χ3v) is 2.25. The highest BCUT2D eigenvalue weighted by atomic mass is 16.5. The molecule has 4 nitrogen and oxygen atoms in total. The van der Waals surface area contributed by atoms with Gasteiger partial charge < -0.3 is 14.8 Å². The molecule has 4 heteroatoms. The van der Waals surface area contributed by atoms with Crippen LogP contribution in [-0.4, -0.2) is 38.4 Å².